The van der Waals surface area contributed by atoms with Gasteiger partial charge in [-0.2, -0.15) is 5.10 Å². The summed E-state index contributed by atoms with van der Waals surface area (Å²) in [6, 6.07) is 6.06. The summed E-state index contributed by atoms with van der Waals surface area (Å²) in [4.78, 5) is 0. The Morgan fingerprint density at radius 3 is 2.68 bits per heavy atom. The van der Waals surface area contributed by atoms with Gasteiger partial charge in [-0.05, 0) is 39.3 Å². The van der Waals surface area contributed by atoms with Gasteiger partial charge in [0.15, 0.2) is 0 Å². The van der Waals surface area contributed by atoms with Crippen LogP contribution in [0.4, 0.5) is 0 Å². The standard InChI is InChI=1S/C14H21N3OS/c1-10(16-19(18)14(2,3)4)11-7-6-8-13-12(11)9-17(5)15-13/h6-10,16H,1-5H3/t10-,19?/m0/s1. The molecule has 0 radical (unpaired) electrons. The first-order valence-corrected chi connectivity index (χ1v) is 7.54. The Balaban J connectivity index is 2.29. The lowest BCUT2D eigenvalue weighted by atomic mass is 10.1. The van der Waals surface area contributed by atoms with Crippen molar-refractivity contribution < 1.29 is 4.55 Å². The van der Waals surface area contributed by atoms with E-state index < -0.39 is 11.4 Å². The summed E-state index contributed by atoms with van der Waals surface area (Å²) in [6.07, 6.45) is 2.00. The van der Waals surface area contributed by atoms with Gasteiger partial charge >= 0.3 is 0 Å². The number of nitrogens with zero attached hydrogens (tertiary/aromatic N) is 2. The Morgan fingerprint density at radius 2 is 2.05 bits per heavy atom. The molecule has 1 unspecified atom stereocenters. The summed E-state index contributed by atoms with van der Waals surface area (Å²) in [7, 11) is 1.91. The van der Waals surface area contributed by atoms with Crippen molar-refractivity contribution in [2.75, 3.05) is 0 Å². The second kappa shape index (κ2) is 5.15. The second-order valence-electron chi connectivity index (χ2n) is 5.80. The van der Waals surface area contributed by atoms with Crippen LogP contribution < -0.4 is 4.72 Å². The monoisotopic (exact) mass is 279 g/mol. The summed E-state index contributed by atoms with van der Waals surface area (Å²) >= 11 is -1.08. The molecule has 2 atom stereocenters. The molecule has 0 aliphatic heterocycles. The molecule has 4 nitrogen and oxygen atoms in total. The molecule has 0 saturated heterocycles. The average Bonchev–Trinajstić information content (AvgIpc) is 2.67. The lowest BCUT2D eigenvalue weighted by Crippen LogP contribution is -2.40. The first-order chi connectivity index (χ1) is 8.79. The third kappa shape index (κ3) is 3.11. The maximum atomic E-state index is 12.2. The van der Waals surface area contributed by atoms with Crippen molar-refractivity contribution in [3.8, 4) is 0 Å². The van der Waals surface area contributed by atoms with Crippen molar-refractivity contribution in [3.63, 3.8) is 0 Å². The number of fused-ring (bicyclic) bond motifs is 1. The number of aryl methyl sites for hydroxylation is 1. The molecular weight excluding hydrogens is 258 g/mol. The van der Waals surface area contributed by atoms with Gasteiger partial charge in [0.2, 0.25) is 0 Å². The average molecular weight is 279 g/mol. The Bertz CT molecular complexity index is 574. The first kappa shape index (κ1) is 14.4. The summed E-state index contributed by atoms with van der Waals surface area (Å²) in [5.74, 6) is 0. The second-order valence-corrected chi connectivity index (χ2v) is 7.80. The fourth-order valence-corrected chi connectivity index (χ4v) is 2.76. The van der Waals surface area contributed by atoms with Gasteiger partial charge in [-0.15, -0.1) is 4.72 Å². The zero-order chi connectivity index (χ0) is 14.2. The van der Waals surface area contributed by atoms with E-state index in [0.29, 0.717) is 0 Å². The molecule has 0 fully saturated rings. The van der Waals surface area contributed by atoms with Gasteiger partial charge in [0.25, 0.3) is 0 Å². The van der Waals surface area contributed by atoms with Gasteiger partial charge in [-0.3, -0.25) is 4.68 Å². The summed E-state index contributed by atoms with van der Waals surface area (Å²) in [6.45, 7) is 7.93. The Hall–Kier alpha value is -1.04. The molecule has 1 N–H and O–H groups in total. The zero-order valence-electron chi connectivity index (χ0n) is 12.1. The van der Waals surface area contributed by atoms with Crippen molar-refractivity contribution in [1.82, 2.24) is 14.5 Å². The van der Waals surface area contributed by atoms with Crippen LogP contribution in [-0.2, 0) is 18.4 Å². The molecule has 1 heterocycles. The van der Waals surface area contributed by atoms with E-state index in [1.54, 1.807) is 0 Å². The number of aromatic nitrogens is 2. The minimum Gasteiger partial charge on any atom is -0.598 e. The topological polar surface area (TPSA) is 52.9 Å². The highest BCUT2D eigenvalue weighted by molar-refractivity contribution is 7.90. The molecule has 0 aliphatic carbocycles. The van der Waals surface area contributed by atoms with Gasteiger partial charge in [-0.25, -0.2) is 0 Å². The highest BCUT2D eigenvalue weighted by atomic mass is 32.2. The van der Waals surface area contributed by atoms with Gasteiger partial charge < -0.3 is 4.55 Å². The largest absolute Gasteiger partial charge is 0.598 e. The highest BCUT2D eigenvalue weighted by Gasteiger charge is 2.28. The maximum Gasteiger partial charge on any atom is 0.136 e. The lowest BCUT2D eigenvalue weighted by Gasteiger charge is -2.26. The van der Waals surface area contributed by atoms with Crippen LogP contribution in [-0.4, -0.2) is 19.1 Å². The number of nitrogens with one attached hydrogen (secondary N) is 1. The molecule has 0 aliphatic rings. The summed E-state index contributed by atoms with van der Waals surface area (Å²) < 4.78 is 16.9. The van der Waals surface area contributed by atoms with Crippen molar-refractivity contribution in [3.05, 3.63) is 30.0 Å². The molecule has 0 amide bonds. The Morgan fingerprint density at radius 1 is 1.37 bits per heavy atom. The molecule has 19 heavy (non-hydrogen) atoms. The van der Waals surface area contributed by atoms with E-state index in [0.717, 1.165) is 16.5 Å². The van der Waals surface area contributed by atoms with E-state index in [9.17, 15) is 4.55 Å². The summed E-state index contributed by atoms with van der Waals surface area (Å²) in [5.41, 5.74) is 2.10. The van der Waals surface area contributed by atoms with Crippen molar-refractivity contribution >= 4 is 22.3 Å². The molecule has 0 saturated carbocycles. The van der Waals surface area contributed by atoms with Crippen molar-refractivity contribution in [2.45, 2.75) is 38.5 Å². The van der Waals surface area contributed by atoms with Crippen molar-refractivity contribution in [2.24, 2.45) is 7.05 Å². The number of benzene rings is 1. The Kier molecular flexibility index (Phi) is 3.90. The van der Waals surface area contributed by atoms with E-state index in [4.69, 9.17) is 0 Å². The molecule has 0 bridgehead atoms. The van der Waals surface area contributed by atoms with E-state index in [1.807, 2.05) is 57.8 Å². The minimum absolute atomic E-state index is 0.0213. The van der Waals surface area contributed by atoms with Crippen LogP contribution in [0, 0.1) is 0 Å². The van der Waals surface area contributed by atoms with Crippen LogP contribution in [0.3, 0.4) is 0 Å². The maximum absolute atomic E-state index is 12.2. The SMILES string of the molecule is C[C@H](N[S+]([O-])C(C)(C)C)c1cccc2nn(C)cc12. The van der Waals surface area contributed by atoms with Gasteiger partial charge in [0.05, 0.1) is 11.6 Å². The number of hydrogen-bond acceptors (Lipinski definition) is 3. The summed E-state index contributed by atoms with van der Waals surface area (Å²) in [5, 5.41) is 5.50. The highest BCUT2D eigenvalue weighted by Crippen LogP contribution is 2.25. The zero-order valence-corrected chi connectivity index (χ0v) is 12.9. The predicted molar refractivity (Wildman–Crippen MR) is 80.2 cm³/mol. The molecule has 2 rings (SSSR count). The number of rotatable bonds is 3. The normalized spacial score (nSPS) is 15.7. The fraction of sp³-hybridized carbons (Fsp3) is 0.500. The van der Waals surface area contributed by atoms with Crippen LogP contribution in [0.25, 0.3) is 10.9 Å². The first-order valence-electron chi connectivity index (χ1n) is 6.39. The molecule has 1 aromatic carbocycles. The Labute approximate surface area is 117 Å². The molecule has 5 heteroatoms. The molecule has 1 aromatic heterocycles. The van der Waals surface area contributed by atoms with Gasteiger partial charge in [-0.1, -0.05) is 12.1 Å². The lowest BCUT2D eigenvalue weighted by molar-refractivity contribution is 0.532. The van der Waals surface area contributed by atoms with Crippen LogP contribution in [0.2, 0.25) is 0 Å². The van der Waals surface area contributed by atoms with Crippen molar-refractivity contribution in [1.29, 1.82) is 0 Å². The van der Waals surface area contributed by atoms with E-state index in [-0.39, 0.29) is 10.8 Å². The molecular formula is C14H21N3OS. The number of hydrogen-bond donors (Lipinski definition) is 1. The van der Waals surface area contributed by atoms with Gasteiger partial charge in [0.1, 0.15) is 4.75 Å². The molecule has 104 valence electrons. The van der Waals surface area contributed by atoms with Gasteiger partial charge in [0, 0.05) is 30.0 Å². The van der Waals surface area contributed by atoms with E-state index in [1.165, 1.54) is 0 Å². The fourth-order valence-electron chi connectivity index (χ4n) is 1.96. The quantitative estimate of drug-likeness (QED) is 0.879. The van der Waals surface area contributed by atoms with Crippen LogP contribution in [0.15, 0.2) is 24.4 Å². The smallest absolute Gasteiger partial charge is 0.136 e. The van der Waals surface area contributed by atoms with E-state index >= 15 is 0 Å². The van der Waals surface area contributed by atoms with E-state index in [2.05, 4.69) is 15.9 Å². The molecule has 2 aromatic rings. The van der Waals surface area contributed by atoms with Crippen LogP contribution >= 0.6 is 0 Å². The third-order valence-corrected chi connectivity index (χ3v) is 4.68. The van der Waals surface area contributed by atoms with Crippen LogP contribution in [0.1, 0.15) is 39.3 Å². The predicted octanol–water partition coefficient (Wildman–Crippen LogP) is 2.69. The van der Waals surface area contributed by atoms with Crippen LogP contribution in [0.5, 0.6) is 0 Å². The third-order valence-electron chi connectivity index (χ3n) is 3.00. The molecule has 0 spiro atoms. The minimum atomic E-state index is -1.08.